The highest BCUT2D eigenvalue weighted by atomic mass is 32.2. The average molecular weight is 288 g/mol. The van der Waals surface area contributed by atoms with Crippen LogP contribution in [-0.2, 0) is 9.84 Å². The number of hydrogen-bond donors (Lipinski definition) is 2. The Morgan fingerprint density at radius 3 is 2.75 bits per heavy atom. The van der Waals surface area contributed by atoms with Gasteiger partial charge in [-0.1, -0.05) is 0 Å². The van der Waals surface area contributed by atoms with E-state index in [0.29, 0.717) is 22.5 Å². The summed E-state index contributed by atoms with van der Waals surface area (Å²) in [7, 11) is -3.24. The quantitative estimate of drug-likeness (QED) is 0.746. The Hall–Kier alpha value is -2.41. The molecule has 102 valence electrons. The fourth-order valence-electron chi connectivity index (χ4n) is 1.97. The minimum absolute atomic E-state index is 0.253. The molecule has 0 spiro atoms. The van der Waals surface area contributed by atoms with Crippen LogP contribution in [0, 0.1) is 0 Å². The third-order valence-electron chi connectivity index (χ3n) is 2.99. The van der Waals surface area contributed by atoms with Crippen molar-refractivity contribution in [2.24, 2.45) is 0 Å². The molecule has 2 aromatic heterocycles. The standard InChI is InChI=1S/C13H12N4O2S/c1-20(18,19)8-2-3-11-12(6-8)17-13(16-11)9-4-5-15-7-10(9)14/h2-7H,14H2,1H3,(H,16,17). The van der Waals surface area contributed by atoms with Gasteiger partial charge in [-0.3, -0.25) is 4.98 Å². The summed E-state index contributed by atoms with van der Waals surface area (Å²) >= 11 is 0. The lowest BCUT2D eigenvalue weighted by molar-refractivity contribution is 0.602. The summed E-state index contributed by atoms with van der Waals surface area (Å²) in [5, 5.41) is 0. The van der Waals surface area contributed by atoms with Gasteiger partial charge in [0, 0.05) is 18.0 Å². The van der Waals surface area contributed by atoms with Crippen LogP contribution in [0.3, 0.4) is 0 Å². The number of sulfone groups is 1. The summed E-state index contributed by atoms with van der Waals surface area (Å²) in [5.74, 6) is 0.588. The summed E-state index contributed by atoms with van der Waals surface area (Å²) in [5.41, 5.74) is 8.43. The van der Waals surface area contributed by atoms with Crippen LogP contribution in [0.5, 0.6) is 0 Å². The molecule has 6 nitrogen and oxygen atoms in total. The number of anilines is 1. The van der Waals surface area contributed by atoms with Crippen LogP contribution in [0.4, 0.5) is 5.69 Å². The fourth-order valence-corrected chi connectivity index (χ4v) is 2.62. The van der Waals surface area contributed by atoms with Crippen molar-refractivity contribution in [3.8, 4) is 11.4 Å². The minimum Gasteiger partial charge on any atom is -0.397 e. The number of benzene rings is 1. The second-order valence-corrected chi connectivity index (χ2v) is 6.52. The van der Waals surface area contributed by atoms with Crippen LogP contribution in [0.25, 0.3) is 22.4 Å². The maximum atomic E-state index is 11.5. The average Bonchev–Trinajstić information content (AvgIpc) is 2.80. The van der Waals surface area contributed by atoms with Gasteiger partial charge in [-0.2, -0.15) is 0 Å². The molecule has 3 aromatic rings. The molecule has 0 saturated carbocycles. The van der Waals surface area contributed by atoms with Gasteiger partial charge in [0.15, 0.2) is 9.84 Å². The lowest BCUT2D eigenvalue weighted by atomic mass is 10.2. The number of pyridine rings is 1. The van der Waals surface area contributed by atoms with E-state index in [1.165, 1.54) is 12.3 Å². The molecular weight excluding hydrogens is 276 g/mol. The first-order valence-electron chi connectivity index (χ1n) is 5.85. The summed E-state index contributed by atoms with van der Waals surface area (Å²) in [6.07, 6.45) is 4.34. The minimum atomic E-state index is -3.24. The molecule has 3 N–H and O–H groups in total. The van der Waals surface area contributed by atoms with Crippen LogP contribution in [-0.4, -0.2) is 29.6 Å². The number of nitrogens with zero attached hydrogens (tertiary/aromatic N) is 2. The smallest absolute Gasteiger partial charge is 0.175 e. The molecule has 0 aliphatic rings. The van der Waals surface area contributed by atoms with Gasteiger partial charge in [0.2, 0.25) is 0 Å². The van der Waals surface area contributed by atoms with E-state index in [2.05, 4.69) is 15.0 Å². The van der Waals surface area contributed by atoms with E-state index in [-0.39, 0.29) is 4.90 Å². The number of imidazole rings is 1. The van der Waals surface area contributed by atoms with Crippen LogP contribution in [0.15, 0.2) is 41.6 Å². The van der Waals surface area contributed by atoms with Gasteiger partial charge < -0.3 is 10.7 Å². The summed E-state index contributed by atoms with van der Waals surface area (Å²) < 4.78 is 23.1. The maximum Gasteiger partial charge on any atom is 0.175 e. The normalized spacial score (nSPS) is 11.8. The second-order valence-electron chi connectivity index (χ2n) is 4.50. The maximum absolute atomic E-state index is 11.5. The first-order chi connectivity index (χ1) is 9.45. The number of aromatic amines is 1. The Labute approximate surface area is 115 Å². The molecule has 0 radical (unpaired) electrons. The van der Waals surface area contributed by atoms with Gasteiger partial charge >= 0.3 is 0 Å². The lowest BCUT2D eigenvalue weighted by Crippen LogP contribution is -1.96. The van der Waals surface area contributed by atoms with Gasteiger partial charge in [-0.15, -0.1) is 0 Å². The molecular formula is C13H12N4O2S. The van der Waals surface area contributed by atoms with E-state index < -0.39 is 9.84 Å². The number of H-pyrrole nitrogens is 1. The zero-order valence-corrected chi connectivity index (χ0v) is 11.5. The van der Waals surface area contributed by atoms with Gasteiger partial charge in [-0.25, -0.2) is 13.4 Å². The van der Waals surface area contributed by atoms with Crippen LogP contribution < -0.4 is 5.73 Å². The molecule has 0 unspecified atom stereocenters. The van der Waals surface area contributed by atoms with Crippen LogP contribution >= 0.6 is 0 Å². The van der Waals surface area contributed by atoms with Crippen molar-refractivity contribution in [3.63, 3.8) is 0 Å². The fraction of sp³-hybridized carbons (Fsp3) is 0.0769. The van der Waals surface area contributed by atoms with Crippen molar-refractivity contribution in [3.05, 3.63) is 36.7 Å². The van der Waals surface area contributed by atoms with Gasteiger partial charge in [0.1, 0.15) is 5.82 Å². The molecule has 0 atom stereocenters. The van der Waals surface area contributed by atoms with Crippen molar-refractivity contribution in [2.45, 2.75) is 4.90 Å². The highest BCUT2D eigenvalue weighted by Gasteiger charge is 2.12. The molecule has 0 bridgehead atoms. The van der Waals surface area contributed by atoms with Crippen molar-refractivity contribution in [2.75, 3.05) is 12.0 Å². The number of aromatic nitrogens is 3. The number of hydrogen-bond acceptors (Lipinski definition) is 5. The monoisotopic (exact) mass is 288 g/mol. The Kier molecular flexibility index (Phi) is 2.72. The largest absolute Gasteiger partial charge is 0.397 e. The third-order valence-corrected chi connectivity index (χ3v) is 4.10. The zero-order chi connectivity index (χ0) is 14.3. The summed E-state index contributed by atoms with van der Waals surface area (Å²) in [6.45, 7) is 0. The van der Waals surface area contributed by atoms with Crippen molar-refractivity contribution in [1.29, 1.82) is 0 Å². The van der Waals surface area contributed by atoms with E-state index in [9.17, 15) is 8.42 Å². The van der Waals surface area contributed by atoms with Gasteiger partial charge in [0.05, 0.1) is 27.8 Å². The molecule has 2 heterocycles. The van der Waals surface area contributed by atoms with E-state index >= 15 is 0 Å². The van der Waals surface area contributed by atoms with Gasteiger partial charge in [-0.05, 0) is 24.3 Å². The van der Waals surface area contributed by atoms with Crippen molar-refractivity contribution >= 4 is 26.6 Å². The number of nitrogens with one attached hydrogen (secondary N) is 1. The van der Waals surface area contributed by atoms with E-state index in [4.69, 9.17) is 5.73 Å². The Morgan fingerprint density at radius 1 is 1.25 bits per heavy atom. The molecule has 0 aliphatic heterocycles. The van der Waals surface area contributed by atoms with Gasteiger partial charge in [0.25, 0.3) is 0 Å². The first-order valence-corrected chi connectivity index (χ1v) is 7.74. The summed E-state index contributed by atoms with van der Waals surface area (Å²) in [4.78, 5) is 11.7. The highest BCUT2D eigenvalue weighted by Crippen LogP contribution is 2.25. The van der Waals surface area contributed by atoms with E-state index in [1.807, 2.05) is 0 Å². The topological polar surface area (TPSA) is 102 Å². The number of nitrogen functional groups attached to an aromatic ring is 1. The highest BCUT2D eigenvalue weighted by molar-refractivity contribution is 7.90. The summed E-state index contributed by atoms with van der Waals surface area (Å²) in [6, 6.07) is 6.53. The molecule has 3 rings (SSSR count). The SMILES string of the molecule is CS(=O)(=O)c1ccc2nc(-c3ccncc3N)[nH]c2c1. The third kappa shape index (κ3) is 2.12. The predicted molar refractivity (Wildman–Crippen MR) is 76.8 cm³/mol. The second kappa shape index (κ2) is 4.31. The number of rotatable bonds is 2. The molecule has 1 aromatic carbocycles. The van der Waals surface area contributed by atoms with Crippen LogP contribution in [0.1, 0.15) is 0 Å². The first kappa shape index (κ1) is 12.6. The molecule has 20 heavy (non-hydrogen) atoms. The molecule has 0 fully saturated rings. The van der Waals surface area contributed by atoms with Crippen molar-refractivity contribution in [1.82, 2.24) is 15.0 Å². The van der Waals surface area contributed by atoms with Crippen LogP contribution in [0.2, 0.25) is 0 Å². The number of nitrogens with two attached hydrogens (primary N) is 1. The van der Waals surface area contributed by atoms with Crippen molar-refractivity contribution < 1.29 is 8.42 Å². The lowest BCUT2D eigenvalue weighted by Gasteiger charge is -1.99. The molecule has 0 saturated heterocycles. The Morgan fingerprint density at radius 2 is 2.05 bits per heavy atom. The number of fused-ring (bicyclic) bond motifs is 1. The predicted octanol–water partition coefficient (Wildman–Crippen LogP) is 1.61. The van der Waals surface area contributed by atoms with E-state index in [1.54, 1.807) is 30.6 Å². The zero-order valence-electron chi connectivity index (χ0n) is 10.7. The van der Waals surface area contributed by atoms with E-state index in [0.717, 1.165) is 5.56 Å². The molecule has 0 aliphatic carbocycles. The Bertz CT molecular complexity index is 900. The molecule has 7 heteroatoms. The Balaban J connectivity index is 2.19. The molecule has 0 amide bonds.